The minimum atomic E-state index is 0.104. The molecule has 2 rings (SSSR count). The van der Waals surface area contributed by atoms with E-state index in [0.29, 0.717) is 5.02 Å². The van der Waals surface area contributed by atoms with Crippen molar-refractivity contribution >= 4 is 22.9 Å². The number of hydrogen-bond acceptors (Lipinski definition) is 4. The van der Waals surface area contributed by atoms with Gasteiger partial charge in [0.2, 0.25) is 0 Å². The van der Waals surface area contributed by atoms with E-state index in [2.05, 4.69) is 36.1 Å². The molecule has 0 fully saturated rings. The summed E-state index contributed by atoms with van der Waals surface area (Å²) in [6, 6.07) is 3.65. The van der Waals surface area contributed by atoms with E-state index in [-0.39, 0.29) is 5.54 Å². The molecule has 0 aromatic carbocycles. The van der Waals surface area contributed by atoms with E-state index in [4.69, 9.17) is 11.6 Å². The average molecular weight is 282 g/mol. The quantitative estimate of drug-likeness (QED) is 0.931. The second-order valence-corrected chi connectivity index (χ2v) is 6.59. The molecule has 0 saturated heterocycles. The lowest BCUT2D eigenvalue weighted by molar-refractivity contribution is 0.426. The topological polar surface area (TPSA) is 37.8 Å². The normalized spacial score (nSPS) is 11.8. The van der Waals surface area contributed by atoms with Crippen molar-refractivity contribution in [2.45, 2.75) is 32.9 Å². The number of nitrogens with one attached hydrogen (secondary N) is 1. The summed E-state index contributed by atoms with van der Waals surface area (Å²) in [5, 5.41) is 4.94. The Balaban J connectivity index is 2.14. The van der Waals surface area contributed by atoms with Gasteiger partial charge in [0.15, 0.2) is 0 Å². The molecule has 3 nitrogen and oxygen atoms in total. The molecule has 0 unspecified atom stereocenters. The smallest absolute Gasteiger partial charge is 0.143 e. The van der Waals surface area contributed by atoms with Crippen molar-refractivity contribution in [3.05, 3.63) is 34.4 Å². The number of nitrogens with zero attached hydrogens (tertiary/aromatic N) is 2. The Bertz CT molecular complexity index is 531. The van der Waals surface area contributed by atoms with Crippen molar-refractivity contribution in [3.63, 3.8) is 0 Å². The second-order valence-electron chi connectivity index (χ2n) is 5.07. The van der Waals surface area contributed by atoms with E-state index in [1.807, 2.05) is 18.3 Å². The molecule has 2 aromatic heterocycles. The van der Waals surface area contributed by atoms with Crippen LogP contribution in [0.15, 0.2) is 24.5 Å². The van der Waals surface area contributed by atoms with E-state index in [0.717, 1.165) is 17.2 Å². The zero-order valence-corrected chi connectivity index (χ0v) is 12.3. The molecule has 0 aliphatic heterocycles. The van der Waals surface area contributed by atoms with Crippen molar-refractivity contribution < 1.29 is 0 Å². The fraction of sp³-hybridized carbons (Fsp3) is 0.385. The molecule has 5 heteroatoms. The minimum Gasteiger partial charge on any atom is -0.307 e. The van der Waals surface area contributed by atoms with Gasteiger partial charge in [0.05, 0.1) is 5.02 Å². The molecular weight excluding hydrogens is 266 g/mol. The van der Waals surface area contributed by atoms with Gasteiger partial charge in [-0.2, -0.15) is 0 Å². The summed E-state index contributed by atoms with van der Waals surface area (Å²) in [6.45, 7) is 7.24. The molecule has 96 valence electrons. The summed E-state index contributed by atoms with van der Waals surface area (Å²) in [5.74, 6) is 0. The van der Waals surface area contributed by atoms with E-state index in [1.54, 1.807) is 17.5 Å². The van der Waals surface area contributed by atoms with E-state index in [9.17, 15) is 0 Å². The lowest BCUT2D eigenvalue weighted by atomic mass is 10.1. The second kappa shape index (κ2) is 5.34. The van der Waals surface area contributed by atoms with Crippen molar-refractivity contribution in [1.29, 1.82) is 0 Å². The standard InChI is InChI=1S/C13H16ClN3S/c1-13(2,3)17-8-9-7-16-12(18-9)11-10(14)5-4-6-15-11/h4-7,17H,8H2,1-3H3. The summed E-state index contributed by atoms with van der Waals surface area (Å²) in [6.07, 6.45) is 3.61. The molecule has 0 bridgehead atoms. The molecule has 18 heavy (non-hydrogen) atoms. The molecule has 1 N–H and O–H groups in total. The lowest BCUT2D eigenvalue weighted by Gasteiger charge is -2.19. The largest absolute Gasteiger partial charge is 0.307 e. The van der Waals surface area contributed by atoms with Gasteiger partial charge in [0.25, 0.3) is 0 Å². The zero-order chi connectivity index (χ0) is 13.2. The zero-order valence-electron chi connectivity index (χ0n) is 10.7. The van der Waals surface area contributed by atoms with Crippen LogP contribution in [0.2, 0.25) is 5.02 Å². The van der Waals surface area contributed by atoms with Crippen LogP contribution in [0.25, 0.3) is 10.7 Å². The average Bonchev–Trinajstić information content (AvgIpc) is 2.75. The van der Waals surface area contributed by atoms with Crippen LogP contribution in [-0.2, 0) is 6.54 Å². The molecule has 0 spiro atoms. The van der Waals surface area contributed by atoms with Gasteiger partial charge in [0, 0.05) is 29.4 Å². The first-order valence-corrected chi connectivity index (χ1v) is 6.96. The molecule has 0 aliphatic carbocycles. The number of halogens is 1. The van der Waals surface area contributed by atoms with E-state index >= 15 is 0 Å². The van der Waals surface area contributed by atoms with Crippen molar-refractivity contribution in [3.8, 4) is 10.7 Å². The van der Waals surface area contributed by atoms with Crippen LogP contribution < -0.4 is 5.32 Å². The molecule has 0 amide bonds. The highest BCUT2D eigenvalue weighted by Gasteiger charge is 2.12. The monoisotopic (exact) mass is 281 g/mol. The maximum Gasteiger partial charge on any atom is 0.143 e. The SMILES string of the molecule is CC(C)(C)NCc1cnc(-c2ncccc2Cl)s1. The van der Waals surface area contributed by atoms with Crippen molar-refractivity contribution in [2.24, 2.45) is 0 Å². The fourth-order valence-corrected chi connectivity index (χ4v) is 2.52. The van der Waals surface area contributed by atoms with Crippen molar-refractivity contribution in [1.82, 2.24) is 15.3 Å². The molecule has 0 radical (unpaired) electrons. The van der Waals surface area contributed by atoms with Gasteiger partial charge in [-0.25, -0.2) is 4.98 Å². The van der Waals surface area contributed by atoms with Gasteiger partial charge in [0.1, 0.15) is 10.7 Å². The number of aromatic nitrogens is 2. The van der Waals surface area contributed by atoms with E-state index in [1.165, 1.54) is 4.88 Å². The van der Waals surface area contributed by atoms with Gasteiger partial charge in [-0.05, 0) is 32.9 Å². The van der Waals surface area contributed by atoms with E-state index < -0.39 is 0 Å². The molecule has 2 heterocycles. The Morgan fingerprint density at radius 2 is 2.11 bits per heavy atom. The van der Waals surface area contributed by atoms with Gasteiger partial charge in [-0.15, -0.1) is 11.3 Å². The van der Waals surface area contributed by atoms with Crippen LogP contribution in [0.3, 0.4) is 0 Å². The maximum atomic E-state index is 6.11. The Morgan fingerprint density at radius 3 is 2.78 bits per heavy atom. The first kappa shape index (κ1) is 13.5. The third kappa shape index (κ3) is 3.51. The maximum absolute atomic E-state index is 6.11. The summed E-state index contributed by atoms with van der Waals surface area (Å²) in [7, 11) is 0. The highest BCUT2D eigenvalue weighted by molar-refractivity contribution is 7.15. The van der Waals surface area contributed by atoms with Gasteiger partial charge in [-0.3, -0.25) is 4.98 Å². The summed E-state index contributed by atoms with van der Waals surface area (Å²) in [4.78, 5) is 9.83. The first-order chi connectivity index (χ1) is 8.46. The van der Waals surface area contributed by atoms with Gasteiger partial charge in [-0.1, -0.05) is 11.6 Å². The lowest BCUT2D eigenvalue weighted by Crippen LogP contribution is -2.34. The highest BCUT2D eigenvalue weighted by atomic mass is 35.5. The van der Waals surface area contributed by atoms with Crippen molar-refractivity contribution in [2.75, 3.05) is 0 Å². The van der Waals surface area contributed by atoms with Gasteiger partial charge < -0.3 is 5.32 Å². The summed E-state index contributed by atoms with van der Waals surface area (Å²) in [5.41, 5.74) is 0.860. The first-order valence-electron chi connectivity index (χ1n) is 5.76. The van der Waals surface area contributed by atoms with Crippen LogP contribution in [0.5, 0.6) is 0 Å². The summed E-state index contributed by atoms with van der Waals surface area (Å²) < 4.78 is 0. The van der Waals surface area contributed by atoms with Crippen LogP contribution >= 0.6 is 22.9 Å². The van der Waals surface area contributed by atoms with Gasteiger partial charge >= 0.3 is 0 Å². The molecule has 2 aromatic rings. The predicted octanol–water partition coefficient (Wildman–Crippen LogP) is 3.75. The predicted molar refractivity (Wildman–Crippen MR) is 76.9 cm³/mol. The highest BCUT2D eigenvalue weighted by Crippen LogP contribution is 2.29. The number of thiazole rings is 1. The Morgan fingerprint density at radius 1 is 1.33 bits per heavy atom. The van der Waals surface area contributed by atoms with Crippen LogP contribution in [0.1, 0.15) is 25.6 Å². The van der Waals surface area contributed by atoms with Crippen LogP contribution in [0, 0.1) is 0 Å². The Labute approximate surface area is 116 Å². The molecule has 0 saturated carbocycles. The summed E-state index contributed by atoms with van der Waals surface area (Å²) >= 11 is 7.73. The number of pyridine rings is 1. The Kier molecular flexibility index (Phi) is 4.00. The number of hydrogen-bond donors (Lipinski definition) is 1. The minimum absolute atomic E-state index is 0.104. The third-order valence-electron chi connectivity index (χ3n) is 2.31. The molecular formula is C13H16ClN3S. The van der Waals surface area contributed by atoms with Crippen LogP contribution in [0.4, 0.5) is 0 Å². The number of rotatable bonds is 3. The van der Waals surface area contributed by atoms with Crippen LogP contribution in [-0.4, -0.2) is 15.5 Å². The fourth-order valence-electron chi connectivity index (χ4n) is 1.39. The Hall–Kier alpha value is -0.970. The molecule has 0 aliphatic rings. The molecule has 0 atom stereocenters. The third-order valence-corrected chi connectivity index (χ3v) is 3.62.